The van der Waals surface area contributed by atoms with E-state index >= 15 is 0 Å². The molecule has 0 N–H and O–H groups in total. The molecule has 1 saturated heterocycles. The Morgan fingerprint density at radius 1 is 0.655 bits per heavy atom. The fourth-order valence-corrected chi connectivity index (χ4v) is 5.42. The molecule has 2 amide bonds. The van der Waals surface area contributed by atoms with Crippen LogP contribution < -0.4 is 0 Å². The molecular formula is C25H23NO2S. The van der Waals surface area contributed by atoms with Crippen molar-refractivity contribution in [3.05, 3.63) is 108 Å². The number of thioether (sulfide) groups is 1. The van der Waals surface area contributed by atoms with Crippen LogP contribution in [-0.4, -0.2) is 29.0 Å². The van der Waals surface area contributed by atoms with Crippen LogP contribution in [0.15, 0.2) is 91.0 Å². The zero-order chi connectivity index (χ0) is 20.1. The van der Waals surface area contributed by atoms with Crippen molar-refractivity contribution < 1.29 is 9.59 Å². The molecule has 1 aliphatic rings. The summed E-state index contributed by atoms with van der Waals surface area (Å²) in [5.41, 5.74) is 3.55. The highest BCUT2D eigenvalue weighted by Crippen LogP contribution is 2.48. The zero-order valence-corrected chi connectivity index (χ0v) is 17.0. The Balaban J connectivity index is 1.75. The van der Waals surface area contributed by atoms with Crippen LogP contribution in [0.2, 0.25) is 0 Å². The highest BCUT2D eigenvalue weighted by atomic mass is 32.2. The summed E-state index contributed by atoms with van der Waals surface area (Å²) >= 11 is 1.77. The molecule has 146 valence electrons. The van der Waals surface area contributed by atoms with Gasteiger partial charge in [-0.2, -0.15) is 0 Å². The van der Waals surface area contributed by atoms with Crippen molar-refractivity contribution in [1.29, 1.82) is 0 Å². The van der Waals surface area contributed by atoms with E-state index in [1.165, 1.54) is 21.6 Å². The van der Waals surface area contributed by atoms with Crippen molar-refractivity contribution in [2.75, 3.05) is 12.3 Å². The standard InChI is InChI=1S/C25H23NO2S/c27-23-16-17-24(28)26(23)18-19-29-25(20-10-4-1-5-11-20,21-12-6-2-7-13-21)22-14-8-3-9-15-22/h1-15H,16-19H2. The van der Waals surface area contributed by atoms with Crippen LogP contribution >= 0.6 is 11.8 Å². The molecule has 3 aromatic carbocycles. The van der Waals surface area contributed by atoms with Crippen molar-refractivity contribution in [1.82, 2.24) is 4.90 Å². The first kappa shape index (κ1) is 19.5. The molecule has 4 rings (SSSR count). The summed E-state index contributed by atoms with van der Waals surface area (Å²) in [6.07, 6.45) is 0.676. The Labute approximate surface area is 175 Å². The second-order valence-corrected chi connectivity index (χ2v) is 8.38. The van der Waals surface area contributed by atoms with E-state index < -0.39 is 4.75 Å². The summed E-state index contributed by atoms with van der Waals surface area (Å²) in [5.74, 6) is 0.552. The van der Waals surface area contributed by atoms with Crippen LogP contribution in [0.25, 0.3) is 0 Å². The van der Waals surface area contributed by atoms with Crippen LogP contribution in [0.4, 0.5) is 0 Å². The molecule has 3 aromatic rings. The number of nitrogens with zero attached hydrogens (tertiary/aromatic N) is 1. The van der Waals surface area contributed by atoms with Crippen molar-refractivity contribution in [3.8, 4) is 0 Å². The van der Waals surface area contributed by atoms with Crippen molar-refractivity contribution in [2.24, 2.45) is 0 Å². The van der Waals surface area contributed by atoms with Gasteiger partial charge >= 0.3 is 0 Å². The van der Waals surface area contributed by atoms with E-state index in [1.54, 1.807) is 11.8 Å². The summed E-state index contributed by atoms with van der Waals surface area (Å²) in [7, 11) is 0. The molecule has 0 aromatic heterocycles. The molecule has 3 nitrogen and oxygen atoms in total. The zero-order valence-electron chi connectivity index (χ0n) is 16.2. The van der Waals surface area contributed by atoms with Gasteiger partial charge < -0.3 is 0 Å². The molecule has 4 heteroatoms. The first-order valence-corrected chi connectivity index (χ1v) is 10.8. The molecule has 0 atom stereocenters. The van der Waals surface area contributed by atoms with Gasteiger partial charge in [0.1, 0.15) is 0 Å². The van der Waals surface area contributed by atoms with Gasteiger partial charge in [-0.25, -0.2) is 0 Å². The number of rotatable bonds is 7. The van der Waals surface area contributed by atoms with Gasteiger partial charge in [-0.15, -0.1) is 11.8 Å². The summed E-state index contributed by atoms with van der Waals surface area (Å²) in [4.78, 5) is 25.5. The van der Waals surface area contributed by atoms with Crippen LogP contribution in [0.3, 0.4) is 0 Å². The van der Waals surface area contributed by atoms with E-state index in [-0.39, 0.29) is 11.8 Å². The fourth-order valence-electron chi connectivity index (χ4n) is 3.93. The predicted octanol–water partition coefficient (Wildman–Crippen LogP) is 4.86. The Morgan fingerprint density at radius 3 is 1.41 bits per heavy atom. The minimum absolute atomic E-state index is 0.0552. The lowest BCUT2D eigenvalue weighted by Crippen LogP contribution is -2.33. The Bertz CT molecular complexity index is 861. The third-order valence-electron chi connectivity index (χ3n) is 5.33. The Morgan fingerprint density at radius 2 is 1.03 bits per heavy atom. The van der Waals surface area contributed by atoms with Crippen LogP contribution in [0, 0.1) is 0 Å². The second kappa shape index (κ2) is 8.66. The number of carbonyl (C=O) groups excluding carboxylic acids is 2. The van der Waals surface area contributed by atoms with Crippen LogP contribution in [0.5, 0.6) is 0 Å². The van der Waals surface area contributed by atoms with Crippen LogP contribution in [-0.2, 0) is 14.3 Å². The second-order valence-electron chi connectivity index (χ2n) is 7.07. The molecule has 1 aliphatic heterocycles. The summed E-state index contributed by atoms with van der Waals surface area (Å²) in [6.45, 7) is 0.441. The summed E-state index contributed by atoms with van der Waals surface area (Å²) in [6, 6.07) is 31.3. The normalized spacial score (nSPS) is 14.4. The minimum atomic E-state index is -0.421. The smallest absolute Gasteiger partial charge is 0.229 e. The van der Waals surface area contributed by atoms with E-state index in [0.29, 0.717) is 25.1 Å². The van der Waals surface area contributed by atoms with Gasteiger partial charge in [0.2, 0.25) is 11.8 Å². The Hall–Kier alpha value is -2.85. The van der Waals surface area contributed by atoms with E-state index in [4.69, 9.17) is 0 Å². The number of amides is 2. The van der Waals surface area contributed by atoms with Crippen molar-refractivity contribution >= 4 is 23.6 Å². The molecular weight excluding hydrogens is 378 g/mol. The quantitative estimate of drug-likeness (QED) is 0.419. The molecule has 0 aliphatic carbocycles. The first-order valence-electron chi connectivity index (χ1n) is 9.85. The molecule has 29 heavy (non-hydrogen) atoms. The highest BCUT2D eigenvalue weighted by Gasteiger charge is 2.37. The summed E-state index contributed by atoms with van der Waals surface area (Å²) < 4.78 is -0.421. The molecule has 0 saturated carbocycles. The first-order chi connectivity index (χ1) is 14.2. The van der Waals surface area contributed by atoms with Gasteiger partial charge in [-0.05, 0) is 16.7 Å². The third kappa shape index (κ3) is 3.85. The third-order valence-corrected chi connectivity index (χ3v) is 6.86. The minimum Gasteiger partial charge on any atom is -0.282 e. The van der Waals surface area contributed by atoms with Crippen LogP contribution in [0.1, 0.15) is 29.5 Å². The number of carbonyl (C=O) groups is 2. The maximum Gasteiger partial charge on any atom is 0.229 e. The maximum absolute atomic E-state index is 12.0. The molecule has 0 spiro atoms. The number of hydrogen-bond acceptors (Lipinski definition) is 3. The van der Waals surface area contributed by atoms with Gasteiger partial charge in [0.25, 0.3) is 0 Å². The van der Waals surface area contributed by atoms with Gasteiger partial charge in [0, 0.05) is 25.1 Å². The molecule has 0 radical (unpaired) electrons. The number of likely N-dealkylation sites (tertiary alicyclic amines) is 1. The Kier molecular flexibility index (Phi) is 5.81. The highest BCUT2D eigenvalue weighted by molar-refractivity contribution is 8.00. The fraction of sp³-hybridized carbons (Fsp3) is 0.200. The molecule has 0 unspecified atom stereocenters. The van der Waals surface area contributed by atoms with E-state index in [9.17, 15) is 9.59 Å². The predicted molar refractivity (Wildman–Crippen MR) is 118 cm³/mol. The van der Waals surface area contributed by atoms with Gasteiger partial charge in [-0.3, -0.25) is 14.5 Å². The maximum atomic E-state index is 12.0. The topological polar surface area (TPSA) is 37.4 Å². The monoisotopic (exact) mass is 401 g/mol. The average Bonchev–Trinajstić information content (AvgIpc) is 3.11. The molecule has 1 heterocycles. The largest absolute Gasteiger partial charge is 0.282 e. The van der Waals surface area contributed by atoms with Gasteiger partial charge in [0.15, 0.2) is 0 Å². The van der Waals surface area contributed by atoms with Crippen molar-refractivity contribution in [2.45, 2.75) is 17.6 Å². The number of benzene rings is 3. The van der Waals surface area contributed by atoms with Gasteiger partial charge in [0.05, 0.1) is 4.75 Å². The van der Waals surface area contributed by atoms with E-state index in [2.05, 4.69) is 72.8 Å². The molecule has 0 bridgehead atoms. The van der Waals surface area contributed by atoms with Crippen molar-refractivity contribution in [3.63, 3.8) is 0 Å². The lowest BCUT2D eigenvalue weighted by atomic mass is 9.84. The summed E-state index contributed by atoms with van der Waals surface area (Å²) in [5, 5.41) is 0. The van der Waals surface area contributed by atoms with E-state index in [1.807, 2.05) is 18.2 Å². The number of imide groups is 1. The SMILES string of the molecule is O=C1CCC(=O)N1CCSC(c1ccccc1)(c1ccccc1)c1ccccc1. The van der Waals surface area contributed by atoms with E-state index in [0.717, 1.165) is 0 Å². The lowest BCUT2D eigenvalue weighted by molar-refractivity contribution is -0.137. The van der Waals surface area contributed by atoms with Gasteiger partial charge in [-0.1, -0.05) is 91.0 Å². The molecule has 1 fully saturated rings. The lowest BCUT2D eigenvalue weighted by Gasteiger charge is -2.36. The number of hydrogen-bond donors (Lipinski definition) is 0. The average molecular weight is 402 g/mol.